The number of rotatable bonds is 7. The number of hydrogen-bond acceptors (Lipinski definition) is 4. The van der Waals surface area contributed by atoms with E-state index >= 15 is 0 Å². The van der Waals surface area contributed by atoms with Gasteiger partial charge in [0.05, 0.1) is 23.3 Å². The number of ether oxygens (including phenoxy) is 1. The van der Waals surface area contributed by atoms with E-state index in [1.807, 2.05) is 72.8 Å². The maximum absolute atomic E-state index is 13.5. The molecule has 1 amide bonds. The van der Waals surface area contributed by atoms with Gasteiger partial charge in [0.2, 0.25) is 0 Å². The third kappa shape index (κ3) is 4.57. The second-order valence-electron chi connectivity index (χ2n) is 8.59. The van der Waals surface area contributed by atoms with Gasteiger partial charge in [-0.05, 0) is 59.9 Å². The number of hydrogen-bond donors (Lipinski definition) is 1. The van der Waals surface area contributed by atoms with Gasteiger partial charge in [0.15, 0.2) is 0 Å². The van der Waals surface area contributed by atoms with Crippen LogP contribution in [0.2, 0.25) is 0 Å². The van der Waals surface area contributed by atoms with Crippen LogP contribution in [0.3, 0.4) is 0 Å². The Labute approximate surface area is 211 Å². The molecule has 0 fully saturated rings. The predicted molar refractivity (Wildman–Crippen MR) is 141 cm³/mol. The molecule has 0 atom stereocenters. The van der Waals surface area contributed by atoms with Crippen LogP contribution in [0.5, 0.6) is 5.75 Å². The van der Waals surface area contributed by atoms with Gasteiger partial charge in [-0.3, -0.25) is 9.10 Å². The van der Waals surface area contributed by atoms with Crippen molar-refractivity contribution in [2.24, 2.45) is 0 Å². The third-order valence-electron chi connectivity index (χ3n) is 6.35. The molecular weight excluding hydrogens is 472 g/mol. The van der Waals surface area contributed by atoms with Crippen LogP contribution < -0.4 is 14.4 Å². The first-order valence-electron chi connectivity index (χ1n) is 11.7. The lowest BCUT2D eigenvalue weighted by molar-refractivity contribution is 0.102. The SMILES string of the molecule is COc1ccc(S(=O)(=O)N2CCc3ccccc32)cc1C(=O)Nc1ccccc1Cc1ccccc1. The van der Waals surface area contributed by atoms with Crippen LogP contribution in [0.15, 0.2) is 102 Å². The van der Waals surface area contributed by atoms with Crippen LogP contribution in [0.25, 0.3) is 0 Å². The van der Waals surface area contributed by atoms with Gasteiger partial charge in [-0.1, -0.05) is 66.7 Å². The van der Waals surface area contributed by atoms with E-state index in [2.05, 4.69) is 5.32 Å². The van der Waals surface area contributed by atoms with Gasteiger partial charge in [-0.15, -0.1) is 0 Å². The van der Waals surface area contributed by atoms with Crippen LogP contribution in [-0.2, 0) is 22.9 Å². The molecule has 7 heteroatoms. The standard InChI is InChI=1S/C29H26N2O4S/c1-35-28-16-15-24(36(33,34)31-18-17-22-11-6-8-14-27(22)31)20-25(28)29(32)30-26-13-7-5-12-23(26)19-21-9-3-2-4-10-21/h2-16,20H,17-19H2,1H3,(H,30,32). The Morgan fingerprint density at radius 1 is 0.917 bits per heavy atom. The summed E-state index contributed by atoms with van der Waals surface area (Å²) in [6.45, 7) is 0.363. The molecule has 0 aromatic heterocycles. The molecule has 4 aromatic carbocycles. The zero-order valence-corrected chi connectivity index (χ0v) is 20.7. The highest BCUT2D eigenvalue weighted by Gasteiger charge is 2.31. The molecule has 1 aliphatic heterocycles. The summed E-state index contributed by atoms with van der Waals surface area (Å²) in [6.07, 6.45) is 1.30. The largest absolute Gasteiger partial charge is 0.496 e. The van der Waals surface area contributed by atoms with Crippen molar-refractivity contribution in [1.29, 1.82) is 0 Å². The van der Waals surface area contributed by atoms with Crippen molar-refractivity contribution in [2.45, 2.75) is 17.7 Å². The highest BCUT2D eigenvalue weighted by molar-refractivity contribution is 7.92. The number of methoxy groups -OCH3 is 1. The van der Waals surface area contributed by atoms with Crippen molar-refractivity contribution in [3.05, 3.63) is 119 Å². The summed E-state index contributed by atoms with van der Waals surface area (Å²) in [7, 11) is -2.40. The van der Waals surface area contributed by atoms with E-state index in [1.165, 1.54) is 29.6 Å². The molecule has 4 aromatic rings. The van der Waals surface area contributed by atoms with E-state index in [0.717, 1.165) is 16.7 Å². The number of anilines is 2. The van der Waals surface area contributed by atoms with E-state index in [4.69, 9.17) is 4.74 Å². The summed E-state index contributed by atoms with van der Waals surface area (Å²) in [5.41, 5.74) is 4.55. The molecule has 36 heavy (non-hydrogen) atoms. The van der Waals surface area contributed by atoms with Crippen LogP contribution in [0.1, 0.15) is 27.0 Å². The van der Waals surface area contributed by atoms with Gasteiger partial charge in [-0.25, -0.2) is 8.42 Å². The number of carbonyl (C=O) groups excluding carboxylic acids is 1. The highest BCUT2D eigenvalue weighted by Crippen LogP contribution is 2.34. The van der Waals surface area contributed by atoms with Gasteiger partial charge in [0.1, 0.15) is 5.75 Å². The molecule has 6 nitrogen and oxygen atoms in total. The molecule has 1 aliphatic rings. The minimum absolute atomic E-state index is 0.0442. The normalized spacial score (nSPS) is 12.8. The van der Waals surface area contributed by atoms with Gasteiger partial charge in [0, 0.05) is 12.2 Å². The van der Waals surface area contributed by atoms with Crippen LogP contribution in [0.4, 0.5) is 11.4 Å². The average Bonchev–Trinajstić information content (AvgIpc) is 3.35. The number of sulfonamides is 1. The summed E-state index contributed by atoms with van der Waals surface area (Å²) < 4.78 is 33.9. The second-order valence-corrected chi connectivity index (χ2v) is 10.5. The van der Waals surface area contributed by atoms with Gasteiger partial charge in [0.25, 0.3) is 15.9 Å². The minimum Gasteiger partial charge on any atom is -0.496 e. The molecule has 0 unspecified atom stereocenters. The summed E-state index contributed by atoms with van der Waals surface area (Å²) in [5.74, 6) is -0.139. The van der Waals surface area contributed by atoms with Crippen molar-refractivity contribution in [3.63, 3.8) is 0 Å². The lowest BCUT2D eigenvalue weighted by Gasteiger charge is -2.20. The number of nitrogens with one attached hydrogen (secondary N) is 1. The quantitative estimate of drug-likeness (QED) is 0.376. The van der Waals surface area contributed by atoms with Crippen molar-refractivity contribution in [2.75, 3.05) is 23.3 Å². The van der Waals surface area contributed by atoms with E-state index in [1.54, 1.807) is 6.07 Å². The first-order chi connectivity index (χ1) is 17.5. The molecule has 0 radical (unpaired) electrons. The Hall–Kier alpha value is -4.10. The summed E-state index contributed by atoms with van der Waals surface area (Å²) in [4.78, 5) is 13.4. The molecule has 0 saturated heterocycles. The van der Waals surface area contributed by atoms with Crippen LogP contribution >= 0.6 is 0 Å². The Morgan fingerprint density at radius 3 is 2.44 bits per heavy atom. The van der Waals surface area contributed by atoms with Crippen molar-refractivity contribution < 1.29 is 17.9 Å². The summed E-state index contributed by atoms with van der Waals surface area (Å²) in [6, 6.07) is 29.4. The Morgan fingerprint density at radius 2 is 1.64 bits per heavy atom. The topological polar surface area (TPSA) is 75.7 Å². The Bertz CT molecular complexity index is 1520. The fourth-order valence-electron chi connectivity index (χ4n) is 4.51. The molecule has 0 spiro atoms. The average molecular weight is 499 g/mol. The molecule has 1 heterocycles. The maximum Gasteiger partial charge on any atom is 0.264 e. The van der Waals surface area contributed by atoms with E-state index in [0.29, 0.717) is 36.5 Å². The van der Waals surface area contributed by atoms with Gasteiger partial charge < -0.3 is 10.1 Å². The fraction of sp³-hybridized carbons (Fsp3) is 0.138. The highest BCUT2D eigenvalue weighted by atomic mass is 32.2. The lowest BCUT2D eigenvalue weighted by Crippen LogP contribution is -2.29. The van der Waals surface area contributed by atoms with E-state index in [-0.39, 0.29) is 10.5 Å². The molecule has 0 bridgehead atoms. The number of nitrogens with zero attached hydrogens (tertiary/aromatic N) is 1. The summed E-state index contributed by atoms with van der Waals surface area (Å²) in [5, 5.41) is 2.96. The first kappa shape index (κ1) is 23.6. The second kappa shape index (κ2) is 9.87. The predicted octanol–water partition coefficient (Wildman–Crippen LogP) is 5.29. The minimum atomic E-state index is -3.86. The maximum atomic E-state index is 13.5. The van der Waals surface area contributed by atoms with Crippen LogP contribution in [0, 0.1) is 0 Å². The lowest BCUT2D eigenvalue weighted by atomic mass is 10.0. The van der Waals surface area contributed by atoms with E-state index in [9.17, 15) is 13.2 Å². The monoisotopic (exact) mass is 498 g/mol. The molecular formula is C29H26N2O4S. The number of para-hydroxylation sites is 2. The van der Waals surface area contributed by atoms with Crippen LogP contribution in [-0.4, -0.2) is 28.0 Å². The smallest absolute Gasteiger partial charge is 0.264 e. The van der Waals surface area contributed by atoms with Gasteiger partial charge in [-0.2, -0.15) is 0 Å². The molecule has 5 rings (SSSR count). The molecule has 0 aliphatic carbocycles. The van der Waals surface area contributed by atoms with Crippen molar-refractivity contribution in [1.82, 2.24) is 0 Å². The first-order valence-corrected chi connectivity index (χ1v) is 13.1. The number of carbonyl (C=O) groups is 1. The van der Waals surface area contributed by atoms with Crippen molar-refractivity contribution >= 4 is 27.3 Å². The number of benzene rings is 4. The van der Waals surface area contributed by atoms with E-state index < -0.39 is 15.9 Å². The number of amides is 1. The van der Waals surface area contributed by atoms with Gasteiger partial charge >= 0.3 is 0 Å². The fourth-order valence-corrected chi connectivity index (χ4v) is 6.04. The third-order valence-corrected chi connectivity index (χ3v) is 8.16. The zero-order chi connectivity index (χ0) is 25.1. The Balaban J connectivity index is 1.45. The zero-order valence-electron chi connectivity index (χ0n) is 19.8. The molecule has 0 saturated carbocycles. The molecule has 1 N–H and O–H groups in total. The summed E-state index contributed by atoms with van der Waals surface area (Å²) >= 11 is 0. The van der Waals surface area contributed by atoms with Crippen molar-refractivity contribution in [3.8, 4) is 5.75 Å². The molecule has 182 valence electrons. The number of fused-ring (bicyclic) bond motifs is 1. The Kier molecular flexibility index (Phi) is 6.48.